The molecule has 1 saturated carbocycles. The van der Waals surface area contributed by atoms with Gasteiger partial charge in [-0.25, -0.2) is 0 Å². The van der Waals surface area contributed by atoms with Crippen LogP contribution in [0.15, 0.2) is 6.20 Å². The number of hydrogen-bond acceptors (Lipinski definition) is 4. The van der Waals surface area contributed by atoms with Crippen LogP contribution in [0.2, 0.25) is 0 Å². The van der Waals surface area contributed by atoms with Gasteiger partial charge in [-0.1, -0.05) is 0 Å². The summed E-state index contributed by atoms with van der Waals surface area (Å²) < 4.78 is 0. The van der Waals surface area contributed by atoms with Crippen molar-refractivity contribution >= 4 is 11.6 Å². The van der Waals surface area contributed by atoms with Crippen LogP contribution in [0.3, 0.4) is 0 Å². The van der Waals surface area contributed by atoms with Crippen molar-refractivity contribution in [3.63, 3.8) is 0 Å². The first kappa shape index (κ1) is 11.5. The highest BCUT2D eigenvalue weighted by Gasteiger charge is 2.34. The molecule has 1 atom stereocenters. The number of H-pyrrole nitrogens is 1. The topological polar surface area (TPSA) is 87.0 Å². The molecule has 2 heterocycles. The molecular formula is C12H19N5O. The second kappa shape index (κ2) is 4.61. The number of nitrogens with two attached hydrogens (primary N) is 1. The third-order valence-corrected chi connectivity index (χ3v) is 3.83. The van der Waals surface area contributed by atoms with E-state index < -0.39 is 0 Å². The van der Waals surface area contributed by atoms with E-state index in [1.807, 2.05) is 0 Å². The van der Waals surface area contributed by atoms with Gasteiger partial charge in [-0.15, -0.1) is 0 Å². The molecule has 1 unspecified atom stereocenters. The summed E-state index contributed by atoms with van der Waals surface area (Å²) in [6.07, 6.45) is 5.34. The fourth-order valence-corrected chi connectivity index (χ4v) is 2.60. The van der Waals surface area contributed by atoms with E-state index in [4.69, 9.17) is 5.73 Å². The fraction of sp³-hybridized carbons (Fsp3) is 0.667. The number of carbonyl (C=O) groups is 1. The van der Waals surface area contributed by atoms with Crippen LogP contribution in [-0.2, 0) is 0 Å². The minimum absolute atomic E-state index is 0.158. The lowest BCUT2D eigenvalue weighted by atomic mass is 10.1. The van der Waals surface area contributed by atoms with E-state index in [9.17, 15) is 4.79 Å². The number of carbonyl (C=O) groups excluding carboxylic acids is 1. The summed E-state index contributed by atoms with van der Waals surface area (Å²) >= 11 is 0. The SMILES string of the molecule is Nc1cn[nH]c1C(=O)NCC1CCN(C2CC2)C1. The van der Waals surface area contributed by atoms with Crippen LogP contribution in [0, 0.1) is 5.92 Å². The summed E-state index contributed by atoms with van der Waals surface area (Å²) in [7, 11) is 0. The second-order valence-corrected chi connectivity index (χ2v) is 5.29. The van der Waals surface area contributed by atoms with E-state index in [1.165, 1.54) is 32.0 Å². The summed E-state index contributed by atoms with van der Waals surface area (Å²) in [4.78, 5) is 14.4. The normalized spacial score (nSPS) is 24.3. The average Bonchev–Trinajstić information content (AvgIpc) is 2.95. The van der Waals surface area contributed by atoms with E-state index in [0.29, 0.717) is 17.3 Å². The number of anilines is 1. The molecule has 2 aliphatic rings. The van der Waals surface area contributed by atoms with Gasteiger partial charge in [0.25, 0.3) is 5.91 Å². The minimum atomic E-state index is -0.158. The second-order valence-electron chi connectivity index (χ2n) is 5.29. The molecule has 6 nitrogen and oxygen atoms in total. The molecule has 3 rings (SSSR count). The molecule has 0 spiro atoms. The van der Waals surface area contributed by atoms with Gasteiger partial charge < -0.3 is 16.0 Å². The van der Waals surface area contributed by atoms with Gasteiger partial charge >= 0.3 is 0 Å². The lowest BCUT2D eigenvalue weighted by Gasteiger charge is -2.15. The number of aromatic nitrogens is 2. The highest BCUT2D eigenvalue weighted by atomic mass is 16.1. The summed E-state index contributed by atoms with van der Waals surface area (Å²) in [6.45, 7) is 3.02. The molecule has 6 heteroatoms. The lowest BCUT2D eigenvalue weighted by Crippen LogP contribution is -2.32. The number of rotatable bonds is 4. The van der Waals surface area contributed by atoms with Crippen molar-refractivity contribution < 1.29 is 4.79 Å². The molecule has 4 N–H and O–H groups in total. The van der Waals surface area contributed by atoms with Crippen LogP contribution >= 0.6 is 0 Å². The molecule has 1 amide bonds. The van der Waals surface area contributed by atoms with Gasteiger partial charge in [-0.3, -0.25) is 9.89 Å². The van der Waals surface area contributed by atoms with E-state index in [1.54, 1.807) is 0 Å². The number of nitrogen functional groups attached to an aromatic ring is 1. The first-order valence-electron chi connectivity index (χ1n) is 6.55. The maximum Gasteiger partial charge on any atom is 0.271 e. The van der Waals surface area contributed by atoms with E-state index >= 15 is 0 Å². The van der Waals surface area contributed by atoms with Crippen LogP contribution in [0.4, 0.5) is 5.69 Å². The molecule has 1 aromatic rings. The number of amides is 1. The van der Waals surface area contributed by atoms with Gasteiger partial charge in [-0.05, 0) is 31.7 Å². The van der Waals surface area contributed by atoms with Crippen molar-refractivity contribution in [2.75, 3.05) is 25.4 Å². The van der Waals surface area contributed by atoms with Gasteiger partial charge in [0.1, 0.15) is 5.69 Å². The molecule has 1 aliphatic carbocycles. The van der Waals surface area contributed by atoms with Gasteiger partial charge in [0, 0.05) is 19.1 Å². The number of aromatic amines is 1. The van der Waals surface area contributed by atoms with Crippen molar-refractivity contribution in [3.05, 3.63) is 11.9 Å². The van der Waals surface area contributed by atoms with E-state index in [2.05, 4.69) is 20.4 Å². The third-order valence-electron chi connectivity index (χ3n) is 3.83. The Kier molecular flexibility index (Phi) is 2.95. The molecule has 0 aromatic carbocycles. The lowest BCUT2D eigenvalue weighted by molar-refractivity contribution is 0.0943. The van der Waals surface area contributed by atoms with Gasteiger partial charge in [0.2, 0.25) is 0 Å². The maximum absolute atomic E-state index is 11.8. The highest BCUT2D eigenvalue weighted by molar-refractivity contribution is 5.96. The van der Waals surface area contributed by atoms with Crippen molar-refractivity contribution in [2.45, 2.75) is 25.3 Å². The van der Waals surface area contributed by atoms with Crippen molar-refractivity contribution in [1.82, 2.24) is 20.4 Å². The average molecular weight is 249 g/mol. The molecular weight excluding hydrogens is 230 g/mol. The van der Waals surface area contributed by atoms with Crippen LogP contribution in [0.25, 0.3) is 0 Å². The largest absolute Gasteiger partial charge is 0.396 e. The van der Waals surface area contributed by atoms with Crippen molar-refractivity contribution in [2.24, 2.45) is 5.92 Å². The van der Waals surface area contributed by atoms with Crippen molar-refractivity contribution in [3.8, 4) is 0 Å². The van der Waals surface area contributed by atoms with Crippen LogP contribution < -0.4 is 11.1 Å². The number of nitrogens with one attached hydrogen (secondary N) is 2. The Morgan fingerprint density at radius 1 is 1.56 bits per heavy atom. The Morgan fingerprint density at radius 2 is 2.39 bits per heavy atom. The number of likely N-dealkylation sites (tertiary alicyclic amines) is 1. The van der Waals surface area contributed by atoms with Crippen LogP contribution in [0.1, 0.15) is 29.8 Å². The highest BCUT2D eigenvalue weighted by Crippen LogP contribution is 2.31. The Balaban J connectivity index is 1.47. The zero-order valence-electron chi connectivity index (χ0n) is 10.4. The van der Waals surface area contributed by atoms with Gasteiger partial charge in [0.15, 0.2) is 0 Å². The smallest absolute Gasteiger partial charge is 0.271 e. The summed E-state index contributed by atoms with van der Waals surface area (Å²) in [5.74, 6) is 0.411. The number of nitrogens with zero attached hydrogens (tertiary/aromatic N) is 2. The molecule has 0 bridgehead atoms. The summed E-state index contributed by atoms with van der Waals surface area (Å²) in [5.41, 5.74) is 6.40. The summed E-state index contributed by atoms with van der Waals surface area (Å²) in [6, 6.07) is 0.828. The van der Waals surface area contributed by atoms with Crippen LogP contribution in [-0.4, -0.2) is 46.7 Å². The quantitative estimate of drug-likeness (QED) is 0.711. The molecule has 0 radical (unpaired) electrons. The van der Waals surface area contributed by atoms with Gasteiger partial charge in [0.05, 0.1) is 11.9 Å². The monoisotopic (exact) mass is 249 g/mol. The predicted molar refractivity (Wildman–Crippen MR) is 68.0 cm³/mol. The number of hydrogen-bond donors (Lipinski definition) is 3. The standard InChI is InChI=1S/C12H19N5O/c13-10-6-15-16-11(10)12(18)14-5-8-3-4-17(7-8)9-1-2-9/h6,8-9H,1-5,7,13H2,(H,14,18)(H,15,16). The summed E-state index contributed by atoms with van der Waals surface area (Å²) in [5, 5.41) is 9.30. The fourth-order valence-electron chi connectivity index (χ4n) is 2.60. The molecule has 1 saturated heterocycles. The Hall–Kier alpha value is -1.56. The van der Waals surface area contributed by atoms with E-state index in [0.717, 1.165) is 19.1 Å². The van der Waals surface area contributed by atoms with E-state index in [-0.39, 0.29) is 5.91 Å². The third kappa shape index (κ3) is 2.33. The minimum Gasteiger partial charge on any atom is -0.396 e. The Bertz CT molecular complexity index is 439. The Morgan fingerprint density at radius 3 is 3.06 bits per heavy atom. The molecule has 1 aliphatic heterocycles. The zero-order valence-corrected chi connectivity index (χ0v) is 10.4. The predicted octanol–water partition coefficient (Wildman–Crippen LogP) is 0.206. The van der Waals surface area contributed by atoms with Crippen LogP contribution in [0.5, 0.6) is 0 Å². The molecule has 18 heavy (non-hydrogen) atoms. The maximum atomic E-state index is 11.8. The zero-order chi connectivity index (χ0) is 12.5. The Labute approximate surface area is 106 Å². The first-order valence-corrected chi connectivity index (χ1v) is 6.55. The molecule has 98 valence electrons. The molecule has 1 aromatic heterocycles. The van der Waals surface area contributed by atoms with Crippen molar-refractivity contribution in [1.29, 1.82) is 0 Å². The first-order chi connectivity index (χ1) is 8.74. The molecule has 2 fully saturated rings. The van der Waals surface area contributed by atoms with Gasteiger partial charge in [-0.2, -0.15) is 5.10 Å².